The second kappa shape index (κ2) is 10.2. The van der Waals surface area contributed by atoms with E-state index < -0.39 is 5.54 Å². The van der Waals surface area contributed by atoms with Crippen LogP contribution in [0.5, 0.6) is 0 Å². The van der Waals surface area contributed by atoms with E-state index in [1.54, 1.807) is 7.05 Å². The van der Waals surface area contributed by atoms with Crippen molar-refractivity contribution in [2.45, 2.75) is 77.4 Å². The molecule has 3 N–H and O–H groups in total. The lowest BCUT2D eigenvalue weighted by atomic mass is 9.94. The summed E-state index contributed by atoms with van der Waals surface area (Å²) in [5.74, 6) is -0.329. The number of carbonyl (C=O) groups is 1. The molecule has 4 nitrogen and oxygen atoms in total. The highest BCUT2D eigenvalue weighted by Crippen LogP contribution is 2.14. The lowest BCUT2D eigenvalue weighted by Crippen LogP contribution is -2.53. The Morgan fingerprint density at radius 3 is 2.37 bits per heavy atom. The van der Waals surface area contributed by atoms with Gasteiger partial charge in [0.05, 0.1) is 11.6 Å². The Balaban J connectivity index is 3.69. The highest BCUT2D eigenvalue weighted by molar-refractivity contribution is 5.84. The van der Waals surface area contributed by atoms with Gasteiger partial charge in [0, 0.05) is 13.0 Å². The van der Waals surface area contributed by atoms with Crippen LogP contribution in [0.4, 0.5) is 0 Å². The van der Waals surface area contributed by atoms with Crippen LogP contribution in [-0.4, -0.2) is 31.2 Å². The number of ether oxygens (including phenoxy) is 1. The molecular formula is C15H32N2O2. The first-order valence-corrected chi connectivity index (χ1v) is 7.56. The number of carbonyl (C=O) groups excluding carboxylic acids is 1. The summed E-state index contributed by atoms with van der Waals surface area (Å²) in [7, 11) is 1.76. The smallest absolute Gasteiger partial charge is 0.237 e. The van der Waals surface area contributed by atoms with Crippen molar-refractivity contribution in [1.82, 2.24) is 5.32 Å². The minimum Gasteiger partial charge on any atom is -0.378 e. The standard InChI is InChI=1S/C15H32N2O2/c1-5-6-7-8-9-10-11-19-13(2)12-15(3,17-4)14(16)18/h13,17H,5-12H2,1-4H3,(H2,16,18). The molecule has 2 atom stereocenters. The van der Waals surface area contributed by atoms with Crippen LogP contribution in [0.25, 0.3) is 0 Å². The second-order valence-corrected chi connectivity index (χ2v) is 5.60. The summed E-state index contributed by atoms with van der Waals surface area (Å²) in [4.78, 5) is 11.4. The summed E-state index contributed by atoms with van der Waals surface area (Å²) < 4.78 is 5.75. The molecule has 0 aromatic heterocycles. The number of rotatable bonds is 12. The Kier molecular flexibility index (Phi) is 9.88. The van der Waals surface area contributed by atoms with Gasteiger partial charge in [0.1, 0.15) is 0 Å². The first-order valence-electron chi connectivity index (χ1n) is 7.56. The van der Waals surface area contributed by atoms with E-state index >= 15 is 0 Å². The molecule has 0 bridgehead atoms. The van der Waals surface area contributed by atoms with E-state index in [1.807, 2.05) is 13.8 Å². The van der Waals surface area contributed by atoms with Crippen molar-refractivity contribution in [3.8, 4) is 0 Å². The van der Waals surface area contributed by atoms with Crippen molar-refractivity contribution < 1.29 is 9.53 Å². The predicted octanol–water partition coefficient (Wildman–Crippen LogP) is 2.61. The molecule has 0 radical (unpaired) electrons. The Morgan fingerprint density at radius 1 is 1.26 bits per heavy atom. The average Bonchev–Trinajstić information content (AvgIpc) is 2.37. The number of nitrogens with one attached hydrogen (secondary N) is 1. The molecule has 2 unspecified atom stereocenters. The highest BCUT2D eigenvalue weighted by atomic mass is 16.5. The Bertz CT molecular complexity index is 246. The summed E-state index contributed by atoms with van der Waals surface area (Å²) >= 11 is 0. The van der Waals surface area contributed by atoms with Gasteiger partial charge in [0.25, 0.3) is 0 Å². The van der Waals surface area contributed by atoms with Gasteiger partial charge in [-0.2, -0.15) is 0 Å². The van der Waals surface area contributed by atoms with Gasteiger partial charge in [-0.25, -0.2) is 0 Å². The molecular weight excluding hydrogens is 240 g/mol. The summed E-state index contributed by atoms with van der Waals surface area (Å²) in [6.45, 7) is 6.81. The van der Waals surface area contributed by atoms with Gasteiger partial charge in [-0.05, 0) is 27.3 Å². The third kappa shape index (κ3) is 8.22. The topological polar surface area (TPSA) is 64.3 Å². The first kappa shape index (κ1) is 18.4. The number of likely N-dealkylation sites (N-methyl/N-ethyl adjacent to an activating group) is 1. The molecule has 19 heavy (non-hydrogen) atoms. The summed E-state index contributed by atoms with van der Waals surface area (Å²) in [6.07, 6.45) is 8.20. The zero-order chi connectivity index (χ0) is 14.7. The maximum atomic E-state index is 11.4. The van der Waals surface area contributed by atoms with E-state index in [0.29, 0.717) is 6.42 Å². The van der Waals surface area contributed by atoms with Gasteiger partial charge in [-0.1, -0.05) is 39.0 Å². The molecule has 114 valence electrons. The normalized spacial score (nSPS) is 16.0. The number of unbranched alkanes of at least 4 members (excludes halogenated alkanes) is 5. The molecule has 0 aliphatic rings. The zero-order valence-electron chi connectivity index (χ0n) is 13.1. The van der Waals surface area contributed by atoms with Crippen molar-refractivity contribution in [2.75, 3.05) is 13.7 Å². The van der Waals surface area contributed by atoms with Gasteiger partial charge in [0.15, 0.2) is 0 Å². The summed E-state index contributed by atoms with van der Waals surface area (Å²) in [5, 5.41) is 2.98. The van der Waals surface area contributed by atoms with E-state index in [2.05, 4.69) is 12.2 Å². The third-order valence-electron chi connectivity index (χ3n) is 3.69. The van der Waals surface area contributed by atoms with Crippen molar-refractivity contribution in [2.24, 2.45) is 5.73 Å². The lowest BCUT2D eigenvalue weighted by molar-refractivity contribution is -0.125. The highest BCUT2D eigenvalue weighted by Gasteiger charge is 2.31. The van der Waals surface area contributed by atoms with Crippen LogP contribution in [0.15, 0.2) is 0 Å². The number of amides is 1. The molecule has 4 heteroatoms. The minimum absolute atomic E-state index is 0.0422. The zero-order valence-corrected chi connectivity index (χ0v) is 13.1. The molecule has 0 aliphatic heterocycles. The van der Waals surface area contributed by atoms with Crippen molar-refractivity contribution in [3.63, 3.8) is 0 Å². The molecule has 0 rings (SSSR count). The molecule has 0 heterocycles. The Labute approximate surface area is 118 Å². The molecule has 0 saturated heterocycles. The average molecular weight is 272 g/mol. The van der Waals surface area contributed by atoms with Crippen LogP contribution in [-0.2, 0) is 9.53 Å². The number of nitrogens with two attached hydrogens (primary N) is 1. The van der Waals surface area contributed by atoms with Crippen molar-refractivity contribution in [3.05, 3.63) is 0 Å². The van der Waals surface area contributed by atoms with Gasteiger partial charge in [-0.3, -0.25) is 4.79 Å². The maximum Gasteiger partial charge on any atom is 0.237 e. The molecule has 0 aromatic carbocycles. The van der Waals surface area contributed by atoms with Crippen LogP contribution >= 0.6 is 0 Å². The summed E-state index contributed by atoms with van der Waals surface area (Å²) in [6, 6.07) is 0. The number of primary amides is 1. The van der Waals surface area contributed by atoms with Crippen LogP contribution in [0.2, 0.25) is 0 Å². The van der Waals surface area contributed by atoms with Crippen LogP contribution < -0.4 is 11.1 Å². The molecule has 0 saturated carbocycles. The molecule has 1 amide bonds. The Hall–Kier alpha value is -0.610. The Morgan fingerprint density at radius 2 is 1.84 bits per heavy atom. The predicted molar refractivity (Wildman–Crippen MR) is 80.1 cm³/mol. The molecule has 0 fully saturated rings. The quantitative estimate of drug-likeness (QED) is 0.537. The molecule has 0 aromatic rings. The lowest BCUT2D eigenvalue weighted by Gasteiger charge is -2.28. The SMILES string of the molecule is CCCCCCCCOC(C)CC(C)(NC)C(N)=O. The fourth-order valence-corrected chi connectivity index (χ4v) is 2.13. The largest absolute Gasteiger partial charge is 0.378 e. The number of hydrogen-bond acceptors (Lipinski definition) is 3. The minimum atomic E-state index is -0.680. The maximum absolute atomic E-state index is 11.4. The van der Waals surface area contributed by atoms with Crippen molar-refractivity contribution >= 4 is 5.91 Å². The van der Waals surface area contributed by atoms with Gasteiger partial charge in [0.2, 0.25) is 5.91 Å². The fourth-order valence-electron chi connectivity index (χ4n) is 2.13. The molecule has 0 spiro atoms. The van der Waals surface area contributed by atoms with Gasteiger partial charge >= 0.3 is 0 Å². The summed E-state index contributed by atoms with van der Waals surface area (Å²) in [5.41, 5.74) is 4.72. The number of hydrogen-bond donors (Lipinski definition) is 2. The van der Waals surface area contributed by atoms with Crippen molar-refractivity contribution in [1.29, 1.82) is 0 Å². The monoisotopic (exact) mass is 272 g/mol. The second-order valence-electron chi connectivity index (χ2n) is 5.60. The molecule has 0 aliphatic carbocycles. The van der Waals surface area contributed by atoms with E-state index in [0.717, 1.165) is 13.0 Å². The van der Waals surface area contributed by atoms with E-state index in [1.165, 1.54) is 32.1 Å². The van der Waals surface area contributed by atoms with Gasteiger partial charge in [-0.15, -0.1) is 0 Å². The fraction of sp³-hybridized carbons (Fsp3) is 0.933. The van der Waals surface area contributed by atoms with Crippen LogP contribution in [0.3, 0.4) is 0 Å². The van der Waals surface area contributed by atoms with E-state index in [9.17, 15) is 4.79 Å². The van der Waals surface area contributed by atoms with Crippen LogP contribution in [0, 0.1) is 0 Å². The third-order valence-corrected chi connectivity index (χ3v) is 3.69. The van der Waals surface area contributed by atoms with E-state index in [-0.39, 0.29) is 12.0 Å². The van der Waals surface area contributed by atoms with Gasteiger partial charge < -0.3 is 15.8 Å². The first-order chi connectivity index (χ1) is 8.96. The van der Waals surface area contributed by atoms with E-state index in [4.69, 9.17) is 10.5 Å². The van der Waals surface area contributed by atoms with Crippen LogP contribution in [0.1, 0.15) is 65.7 Å².